The smallest absolute Gasteiger partial charge is 0.383 e. The van der Waals surface area contributed by atoms with Crippen molar-refractivity contribution in [2.75, 3.05) is 6.61 Å². The van der Waals surface area contributed by atoms with Gasteiger partial charge in [-0.1, -0.05) is 28.1 Å². The predicted molar refractivity (Wildman–Crippen MR) is 88.6 cm³/mol. The molecule has 3 rings (SSSR count). The molecule has 2 aliphatic rings. The summed E-state index contributed by atoms with van der Waals surface area (Å²) in [4.78, 5) is 31.6. The third-order valence-corrected chi connectivity index (χ3v) is 4.33. The molecule has 1 saturated heterocycles. The molecule has 1 atom stereocenters. The van der Waals surface area contributed by atoms with E-state index in [9.17, 15) is 18.0 Å². The molecule has 12 heteroatoms. The largest absolute Gasteiger partial charge is 0.490 e. The molecule has 10 nitrogen and oxygen atoms in total. The van der Waals surface area contributed by atoms with Crippen LogP contribution < -0.4 is 9.57 Å². The highest BCUT2D eigenvalue weighted by molar-refractivity contribution is 7.62. The quantitative estimate of drug-likeness (QED) is 0.551. The van der Waals surface area contributed by atoms with Gasteiger partial charge in [-0.05, 0) is 37.1 Å². The number of halogens is 1. The van der Waals surface area contributed by atoms with Gasteiger partial charge >= 0.3 is 22.6 Å². The fraction of sp³-hybridized carbons (Fsp3) is 0.429. The molecule has 1 aromatic carbocycles. The zero-order valence-corrected chi connectivity index (χ0v) is 15.2. The molecule has 1 aliphatic carbocycles. The van der Waals surface area contributed by atoms with Crippen LogP contribution in [-0.2, 0) is 10.5 Å². The SMILES string of the molecule is CCOc1ccccc1ON1C(=O)N(C2CC2)C(Cl)N1C(=O)N=S(=O)=O. The van der Waals surface area contributed by atoms with Gasteiger partial charge in [0.05, 0.1) is 6.61 Å². The van der Waals surface area contributed by atoms with Crippen LogP contribution in [0.1, 0.15) is 19.8 Å². The van der Waals surface area contributed by atoms with E-state index in [-0.39, 0.29) is 11.8 Å². The average Bonchev–Trinajstić information content (AvgIpc) is 3.36. The van der Waals surface area contributed by atoms with E-state index in [0.29, 0.717) is 22.5 Å². The molecule has 1 aromatic rings. The first-order chi connectivity index (χ1) is 12.4. The van der Waals surface area contributed by atoms with Gasteiger partial charge in [0.2, 0.25) is 5.62 Å². The number of rotatable bonds is 5. The molecule has 0 radical (unpaired) electrons. The lowest BCUT2D eigenvalue weighted by Gasteiger charge is -2.24. The maximum atomic E-state index is 12.7. The zero-order valence-electron chi connectivity index (χ0n) is 13.6. The number of para-hydroxylation sites is 2. The number of hydroxylamine groups is 1. The maximum Gasteiger partial charge on any atom is 0.383 e. The Morgan fingerprint density at radius 1 is 1.31 bits per heavy atom. The topological polar surface area (TPSA) is 109 Å². The predicted octanol–water partition coefficient (Wildman–Crippen LogP) is 2.20. The van der Waals surface area contributed by atoms with Gasteiger partial charge < -0.3 is 9.57 Å². The second-order valence-corrected chi connectivity index (χ2v) is 6.42. The highest BCUT2D eigenvalue weighted by atomic mass is 35.5. The van der Waals surface area contributed by atoms with E-state index in [1.54, 1.807) is 25.1 Å². The van der Waals surface area contributed by atoms with Crippen molar-refractivity contribution in [3.8, 4) is 11.5 Å². The molecule has 1 saturated carbocycles. The van der Waals surface area contributed by atoms with E-state index in [0.717, 1.165) is 12.8 Å². The second-order valence-electron chi connectivity index (χ2n) is 5.41. The number of urea groups is 2. The summed E-state index contributed by atoms with van der Waals surface area (Å²) in [6.45, 7) is 2.13. The zero-order chi connectivity index (χ0) is 18.8. The summed E-state index contributed by atoms with van der Waals surface area (Å²) in [5, 5.41) is 1.24. The van der Waals surface area contributed by atoms with Gasteiger partial charge in [-0.25, -0.2) is 9.59 Å². The third-order valence-electron chi connectivity index (χ3n) is 3.63. The van der Waals surface area contributed by atoms with Crippen LogP contribution in [0.3, 0.4) is 0 Å². The number of carbonyl (C=O) groups excluding carboxylic acids is 2. The van der Waals surface area contributed by atoms with Gasteiger partial charge in [0.15, 0.2) is 11.5 Å². The molecule has 1 unspecified atom stereocenters. The van der Waals surface area contributed by atoms with Gasteiger partial charge in [-0.15, -0.1) is 0 Å². The fourth-order valence-corrected chi connectivity index (χ4v) is 3.04. The van der Waals surface area contributed by atoms with Crippen LogP contribution >= 0.6 is 11.6 Å². The van der Waals surface area contributed by atoms with Gasteiger partial charge in [0.25, 0.3) is 0 Å². The lowest BCUT2D eigenvalue weighted by atomic mass is 10.3. The van der Waals surface area contributed by atoms with Crippen LogP contribution in [0.15, 0.2) is 28.6 Å². The molecular weight excluding hydrogens is 388 g/mol. The summed E-state index contributed by atoms with van der Waals surface area (Å²) in [7, 11) is -3.00. The second kappa shape index (κ2) is 7.38. The standard InChI is InChI=1S/C14H15ClN4O6S/c1-2-24-10-5-3-4-6-11(10)25-19-14(21)17(9-7-8-9)12(15)18(19)13(20)16-26(22)23/h3-6,9,12H,2,7-8H2,1H3. The van der Waals surface area contributed by atoms with E-state index in [1.165, 1.54) is 11.0 Å². The first-order valence-corrected chi connectivity index (χ1v) is 9.21. The van der Waals surface area contributed by atoms with Crippen LogP contribution in [0.5, 0.6) is 11.5 Å². The van der Waals surface area contributed by atoms with E-state index in [2.05, 4.69) is 4.36 Å². The summed E-state index contributed by atoms with van der Waals surface area (Å²) in [5.41, 5.74) is -1.26. The van der Waals surface area contributed by atoms with E-state index in [4.69, 9.17) is 21.2 Å². The summed E-state index contributed by atoms with van der Waals surface area (Å²) < 4.78 is 29.8. The normalized spacial score (nSPS) is 19.5. The number of hydrogen-bond donors (Lipinski definition) is 0. The molecular formula is C14H15ClN4O6S. The number of ether oxygens (including phenoxy) is 1. The van der Waals surface area contributed by atoms with Gasteiger partial charge in [-0.3, -0.25) is 4.90 Å². The molecule has 0 aromatic heterocycles. The number of carbonyl (C=O) groups is 2. The molecule has 1 heterocycles. The molecule has 4 amide bonds. The van der Waals surface area contributed by atoms with Gasteiger partial charge in [-0.2, -0.15) is 13.4 Å². The van der Waals surface area contributed by atoms with Crippen LogP contribution in [0, 0.1) is 0 Å². The number of nitrogens with zero attached hydrogens (tertiary/aromatic N) is 4. The Morgan fingerprint density at radius 3 is 2.54 bits per heavy atom. The van der Waals surface area contributed by atoms with Crippen molar-refractivity contribution >= 4 is 34.2 Å². The van der Waals surface area contributed by atoms with Crippen molar-refractivity contribution in [2.45, 2.75) is 31.4 Å². The molecule has 0 spiro atoms. The number of benzene rings is 1. The molecule has 26 heavy (non-hydrogen) atoms. The van der Waals surface area contributed by atoms with Gasteiger partial charge in [0.1, 0.15) is 0 Å². The molecule has 2 fully saturated rings. The molecule has 0 bridgehead atoms. The molecule has 1 aliphatic heterocycles. The van der Waals surface area contributed by atoms with Crippen LogP contribution in [-0.4, -0.2) is 53.8 Å². The van der Waals surface area contributed by atoms with Crippen molar-refractivity contribution in [2.24, 2.45) is 4.36 Å². The van der Waals surface area contributed by atoms with E-state index >= 15 is 0 Å². The van der Waals surface area contributed by atoms with Crippen LogP contribution in [0.4, 0.5) is 9.59 Å². The van der Waals surface area contributed by atoms with Crippen LogP contribution in [0.25, 0.3) is 0 Å². The van der Waals surface area contributed by atoms with Crippen molar-refractivity contribution in [3.63, 3.8) is 0 Å². The van der Waals surface area contributed by atoms with E-state index in [1.807, 2.05) is 0 Å². The van der Waals surface area contributed by atoms with Crippen molar-refractivity contribution in [1.82, 2.24) is 15.1 Å². The molecule has 0 N–H and O–H groups in total. The highest BCUT2D eigenvalue weighted by Crippen LogP contribution is 2.38. The van der Waals surface area contributed by atoms with Crippen LogP contribution in [0.2, 0.25) is 0 Å². The summed E-state index contributed by atoms with van der Waals surface area (Å²) >= 11 is 6.21. The fourth-order valence-electron chi connectivity index (χ4n) is 2.42. The number of alkyl halides is 1. The monoisotopic (exact) mass is 402 g/mol. The van der Waals surface area contributed by atoms with Gasteiger partial charge in [0, 0.05) is 6.04 Å². The van der Waals surface area contributed by atoms with Crippen molar-refractivity contribution in [1.29, 1.82) is 0 Å². The Balaban J connectivity index is 1.94. The first-order valence-electron chi connectivity index (χ1n) is 7.74. The Bertz CT molecular complexity index is 851. The lowest BCUT2D eigenvalue weighted by molar-refractivity contribution is -0.127. The third kappa shape index (κ3) is 3.53. The number of hydrogen-bond acceptors (Lipinski definition) is 6. The Labute approximate surface area is 155 Å². The minimum atomic E-state index is -3.00. The minimum Gasteiger partial charge on any atom is -0.490 e. The van der Waals surface area contributed by atoms with E-state index < -0.39 is 28.2 Å². The number of hydrazine groups is 1. The van der Waals surface area contributed by atoms with Crippen molar-refractivity contribution in [3.05, 3.63) is 24.3 Å². The Morgan fingerprint density at radius 2 is 1.96 bits per heavy atom. The average molecular weight is 403 g/mol. The Hall–Kier alpha value is -2.53. The summed E-state index contributed by atoms with van der Waals surface area (Å²) in [6, 6.07) is 4.44. The first kappa shape index (κ1) is 18.3. The highest BCUT2D eigenvalue weighted by Gasteiger charge is 2.53. The van der Waals surface area contributed by atoms with Crippen molar-refractivity contribution < 1.29 is 27.6 Å². The lowest BCUT2D eigenvalue weighted by Crippen LogP contribution is -2.45. The number of amides is 4. The molecule has 140 valence electrons. The summed E-state index contributed by atoms with van der Waals surface area (Å²) in [5.74, 6) is 0.501. The minimum absolute atomic E-state index is 0.145. The maximum absolute atomic E-state index is 12.7. The summed E-state index contributed by atoms with van der Waals surface area (Å²) in [6.07, 6.45) is 1.45. The Kier molecular flexibility index (Phi) is 5.18.